The van der Waals surface area contributed by atoms with Crippen molar-refractivity contribution in [3.05, 3.63) is 76.3 Å². The predicted molar refractivity (Wildman–Crippen MR) is 83.5 cm³/mol. The molecule has 1 N–H and O–H groups in total. The summed E-state index contributed by atoms with van der Waals surface area (Å²) in [4.78, 5) is 11.7. The Morgan fingerprint density at radius 1 is 1.20 bits per heavy atom. The minimum absolute atomic E-state index is 0.110. The molecule has 0 bridgehead atoms. The highest BCUT2D eigenvalue weighted by Crippen LogP contribution is 2.10. The van der Waals surface area contributed by atoms with Gasteiger partial charge in [-0.3, -0.25) is 4.79 Å². The number of halogens is 1. The van der Waals surface area contributed by atoms with Gasteiger partial charge < -0.3 is 5.32 Å². The molecule has 0 radical (unpaired) electrons. The monoisotopic (exact) mass is 285 g/mol. The van der Waals surface area contributed by atoms with Crippen LogP contribution in [0, 0.1) is 6.92 Å². The summed E-state index contributed by atoms with van der Waals surface area (Å²) in [6, 6.07) is 15.4. The Morgan fingerprint density at radius 3 is 2.65 bits per heavy atom. The van der Waals surface area contributed by atoms with Crippen molar-refractivity contribution < 1.29 is 4.79 Å². The molecule has 2 rings (SSSR count). The second kappa shape index (κ2) is 6.92. The number of nitrogens with one attached hydrogen (secondary N) is 1. The van der Waals surface area contributed by atoms with Crippen molar-refractivity contribution in [1.82, 2.24) is 5.32 Å². The number of carbonyl (C=O) groups excluding carboxylic acids is 1. The molecule has 102 valence electrons. The molecule has 0 atom stereocenters. The number of carbonyl (C=O) groups is 1. The van der Waals surface area contributed by atoms with E-state index in [-0.39, 0.29) is 5.91 Å². The second-order valence-electron chi connectivity index (χ2n) is 4.59. The highest BCUT2D eigenvalue weighted by atomic mass is 35.5. The molecular weight excluding hydrogens is 270 g/mol. The lowest BCUT2D eigenvalue weighted by Gasteiger charge is -2.03. The maximum atomic E-state index is 11.7. The van der Waals surface area contributed by atoms with Crippen LogP contribution < -0.4 is 5.32 Å². The maximum absolute atomic E-state index is 11.7. The zero-order chi connectivity index (χ0) is 14.4. The van der Waals surface area contributed by atoms with Gasteiger partial charge in [0.25, 0.3) is 0 Å². The zero-order valence-electron chi connectivity index (χ0n) is 11.3. The van der Waals surface area contributed by atoms with E-state index < -0.39 is 0 Å². The highest BCUT2D eigenvalue weighted by Gasteiger charge is 1.97. The molecule has 0 saturated heterocycles. The van der Waals surface area contributed by atoms with Crippen LogP contribution in [0.4, 0.5) is 0 Å². The normalized spacial score (nSPS) is 10.7. The van der Waals surface area contributed by atoms with E-state index in [1.807, 2.05) is 37.3 Å². The van der Waals surface area contributed by atoms with Crippen LogP contribution in [0.25, 0.3) is 6.08 Å². The number of amides is 1. The second-order valence-corrected chi connectivity index (χ2v) is 5.03. The van der Waals surface area contributed by atoms with Crippen LogP contribution in [0.15, 0.2) is 54.6 Å². The summed E-state index contributed by atoms with van der Waals surface area (Å²) < 4.78 is 0. The molecule has 0 aliphatic heterocycles. The van der Waals surface area contributed by atoms with Gasteiger partial charge in [-0.1, -0.05) is 53.6 Å². The Labute approximate surface area is 124 Å². The molecule has 3 heteroatoms. The average molecular weight is 286 g/mol. The van der Waals surface area contributed by atoms with E-state index in [4.69, 9.17) is 11.6 Å². The molecule has 1 amide bonds. The molecule has 0 aliphatic rings. The van der Waals surface area contributed by atoms with E-state index in [1.54, 1.807) is 18.2 Å². The van der Waals surface area contributed by atoms with Gasteiger partial charge in [0.15, 0.2) is 0 Å². The highest BCUT2D eigenvalue weighted by molar-refractivity contribution is 6.30. The van der Waals surface area contributed by atoms with E-state index in [0.717, 1.165) is 11.1 Å². The fraction of sp³-hybridized carbons (Fsp3) is 0.118. The SMILES string of the molecule is Cc1cccc(CNC(=O)/C=C/c2ccc(Cl)cc2)c1. The summed E-state index contributed by atoms with van der Waals surface area (Å²) in [5.74, 6) is -0.110. The van der Waals surface area contributed by atoms with Crippen LogP contribution in [-0.4, -0.2) is 5.91 Å². The first-order chi connectivity index (χ1) is 9.63. The van der Waals surface area contributed by atoms with Gasteiger partial charge in [-0.2, -0.15) is 0 Å². The van der Waals surface area contributed by atoms with Crippen molar-refractivity contribution in [3.63, 3.8) is 0 Å². The Morgan fingerprint density at radius 2 is 1.95 bits per heavy atom. The van der Waals surface area contributed by atoms with Gasteiger partial charge in [-0.05, 0) is 36.3 Å². The van der Waals surface area contributed by atoms with Crippen LogP contribution in [0.3, 0.4) is 0 Å². The third-order valence-corrected chi connectivity index (χ3v) is 3.10. The molecule has 2 aromatic carbocycles. The zero-order valence-corrected chi connectivity index (χ0v) is 12.0. The number of rotatable bonds is 4. The van der Waals surface area contributed by atoms with Crippen molar-refractivity contribution in [2.75, 3.05) is 0 Å². The molecule has 2 nitrogen and oxygen atoms in total. The van der Waals surface area contributed by atoms with Gasteiger partial charge in [-0.15, -0.1) is 0 Å². The fourth-order valence-electron chi connectivity index (χ4n) is 1.82. The Kier molecular flexibility index (Phi) is 4.97. The van der Waals surface area contributed by atoms with Crippen LogP contribution in [0.2, 0.25) is 5.02 Å². The maximum Gasteiger partial charge on any atom is 0.244 e. The summed E-state index contributed by atoms with van der Waals surface area (Å²) in [7, 11) is 0. The molecule has 0 fully saturated rings. The molecule has 2 aromatic rings. The molecule has 0 spiro atoms. The number of hydrogen-bond acceptors (Lipinski definition) is 1. The molecule has 0 heterocycles. The lowest BCUT2D eigenvalue weighted by atomic mass is 10.1. The first-order valence-corrected chi connectivity index (χ1v) is 6.78. The lowest BCUT2D eigenvalue weighted by molar-refractivity contribution is -0.116. The molecule has 0 aliphatic carbocycles. The minimum Gasteiger partial charge on any atom is -0.348 e. The van der Waals surface area contributed by atoms with E-state index >= 15 is 0 Å². The first kappa shape index (κ1) is 14.4. The van der Waals surface area contributed by atoms with Crippen molar-refractivity contribution in [2.45, 2.75) is 13.5 Å². The standard InChI is InChI=1S/C17H16ClNO/c1-13-3-2-4-15(11-13)12-19-17(20)10-7-14-5-8-16(18)9-6-14/h2-11H,12H2,1H3,(H,19,20)/b10-7+. The molecule has 20 heavy (non-hydrogen) atoms. The number of aryl methyl sites for hydroxylation is 1. The van der Waals surface area contributed by atoms with Gasteiger partial charge in [-0.25, -0.2) is 0 Å². The van der Waals surface area contributed by atoms with Gasteiger partial charge in [0.2, 0.25) is 5.91 Å². The Hall–Kier alpha value is -2.06. The minimum atomic E-state index is -0.110. The molecular formula is C17H16ClNO. The topological polar surface area (TPSA) is 29.1 Å². The van der Waals surface area contributed by atoms with Crippen molar-refractivity contribution in [3.8, 4) is 0 Å². The molecule has 0 saturated carbocycles. The average Bonchev–Trinajstić information content (AvgIpc) is 2.45. The van der Waals surface area contributed by atoms with Gasteiger partial charge in [0.1, 0.15) is 0 Å². The Balaban J connectivity index is 1.88. The summed E-state index contributed by atoms with van der Waals surface area (Å²) in [5, 5.41) is 3.54. The van der Waals surface area contributed by atoms with Crippen molar-refractivity contribution in [2.24, 2.45) is 0 Å². The van der Waals surface area contributed by atoms with E-state index in [2.05, 4.69) is 11.4 Å². The fourth-order valence-corrected chi connectivity index (χ4v) is 1.94. The summed E-state index contributed by atoms with van der Waals surface area (Å²) in [6.07, 6.45) is 3.29. The largest absolute Gasteiger partial charge is 0.348 e. The number of hydrogen-bond donors (Lipinski definition) is 1. The summed E-state index contributed by atoms with van der Waals surface area (Å²) in [6.45, 7) is 2.57. The van der Waals surface area contributed by atoms with Crippen molar-refractivity contribution >= 4 is 23.6 Å². The van der Waals surface area contributed by atoms with Gasteiger partial charge in [0, 0.05) is 17.6 Å². The molecule has 0 unspecified atom stereocenters. The Bertz CT molecular complexity index is 617. The predicted octanol–water partition coefficient (Wildman–Crippen LogP) is 3.98. The smallest absolute Gasteiger partial charge is 0.244 e. The number of benzene rings is 2. The van der Waals surface area contributed by atoms with Crippen LogP contribution >= 0.6 is 11.6 Å². The van der Waals surface area contributed by atoms with Crippen LogP contribution in [0.5, 0.6) is 0 Å². The van der Waals surface area contributed by atoms with Gasteiger partial charge >= 0.3 is 0 Å². The summed E-state index contributed by atoms with van der Waals surface area (Å²) >= 11 is 5.80. The van der Waals surface area contributed by atoms with E-state index in [1.165, 1.54) is 11.6 Å². The quantitative estimate of drug-likeness (QED) is 0.846. The third kappa shape index (κ3) is 4.56. The van der Waals surface area contributed by atoms with Crippen LogP contribution in [-0.2, 0) is 11.3 Å². The first-order valence-electron chi connectivity index (χ1n) is 6.40. The third-order valence-electron chi connectivity index (χ3n) is 2.85. The van der Waals surface area contributed by atoms with E-state index in [9.17, 15) is 4.79 Å². The van der Waals surface area contributed by atoms with Crippen LogP contribution in [0.1, 0.15) is 16.7 Å². The van der Waals surface area contributed by atoms with E-state index in [0.29, 0.717) is 11.6 Å². The van der Waals surface area contributed by atoms with Gasteiger partial charge in [0.05, 0.1) is 0 Å². The van der Waals surface area contributed by atoms with Crippen molar-refractivity contribution in [1.29, 1.82) is 0 Å². The molecule has 0 aromatic heterocycles. The summed E-state index contributed by atoms with van der Waals surface area (Å²) in [5.41, 5.74) is 3.23. The lowest BCUT2D eigenvalue weighted by Crippen LogP contribution is -2.20.